The van der Waals surface area contributed by atoms with Crippen LogP contribution in [-0.4, -0.2) is 31.1 Å². The molecule has 2 aliphatic rings. The van der Waals surface area contributed by atoms with Gasteiger partial charge in [-0.3, -0.25) is 9.69 Å². The van der Waals surface area contributed by atoms with Crippen LogP contribution in [0.1, 0.15) is 11.1 Å². The summed E-state index contributed by atoms with van der Waals surface area (Å²) in [5, 5.41) is 9.03. The molecular weight excluding hydrogens is 316 g/mol. The third kappa shape index (κ3) is 3.21. The fourth-order valence-electron chi connectivity index (χ4n) is 3.34. The number of nitrogens with zero attached hydrogens (tertiary/aromatic N) is 1. The maximum atomic E-state index is 12.6. The minimum atomic E-state index is -0.256. The zero-order valence-corrected chi connectivity index (χ0v) is 13.8. The summed E-state index contributed by atoms with van der Waals surface area (Å²) in [7, 11) is 0. The van der Waals surface area contributed by atoms with E-state index in [1.165, 1.54) is 11.1 Å². The Balaban J connectivity index is 1.46. The Kier molecular flexibility index (Phi) is 4.11. The van der Waals surface area contributed by atoms with Crippen LogP contribution in [0.3, 0.4) is 0 Å². The number of urea groups is 1. The second-order valence-electron chi connectivity index (χ2n) is 6.33. The van der Waals surface area contributed by atoms with E-state index in [9.17, 15) is 9.59 Å². The molecule has 0 bridgehead atoms. The molecule has 1 unspecified atom stereocenters. The fourth-order valence-corrected chi connectivity index (χ4v) is 3.34. The molecule has 6 heteroatoms. The molecule has 128 valence electrons. The van der Waals surface area contributed by atoms with E-state index in [1.54, 1.807) is 4.90 Å². The molecule has 4 rings (SSSR count). The lowest BCUT2D eigenvalue weighted by Gasteiger charge is -2.25. The maximum Gasteiger partial charge on any atom is 0.321 e. The number of nitrogens with one attached hydrogen (secondary N) is 3. The average molecular weight is 336 g/mol. The van der Waals surface area contributed by atoms with E-state index in [4.69, 9.17) is 0 Å². The molecule has 1 fully saturated rings. The fraction of sp³-hybridized carbons (Fsp3) is 0.263. The molecular formula is C19H20N4O2. The van der Waals surface area contributed by atoms with Crippen molar-refractivity contribution in [1.29, 1.82) is 0 Å². The van der Waals surface area contributed by atoms with Gasteiger partial charge in [-0.15, -0.1) is 0 Å². The molecule has 3 amide bonds. The van der Waals surface area contributed by atoms with Crippen LogP contribution in [0, 0.1) is 0 Å². The van der Waals surface area contributed by atoms with Crippen molar-refractivity contribution in [1.82, 2.24) is 10.6 Å². The zero-order chi connectivity index (χ0) is 17.2. The highest BCUT2D eigenvalue weighted by atomic mass is 16.2. The van der Waals surface area contributed by atoms with E-state index < -0.39 is 0 Å². The minimum absolute atomic E-state index is 0.0578. The lowest BCUT2D eigenvalue weighted by Crippen LogP contribution is -2.44. The predicted molar refractivity (Wildman–Crippen MR) is 96.6 cm³/mol. The van der Waals surface area contributed by atoms with Gasteiger partial charge in [-0.2, -0.15) is 0 Å². The number of carbonyl (C=O) groups excluding carboxylic acids is 2. The highest BCUT2D eigenvalue weighted by Gasteiger charge is 2.25. The van der Waals surface area contributed by atoms with Crippen LogP contribution in [0.25, 0.3) is 0 Å². The largest absolute Gasteiger partial charge is 0.336 e. The van der Waals surface area contributed by atoms with E-state index in [1.807, 2.05) is 36.4 Å². The number of rotatable bonds is 3. The number of amides is 3. The van der Waals surface area contributed by atoms with Gasteiger partial charge in [0.1, 0.15) is 0 Å². The number of fused-ring (bicyclic) bond motifs is 1. The zero-order valence-electron chi connectivity index (χ0n) is 13.8. The molecule has 1 atom stereocenters. The molecule has 0 aliphatic carbocycles. The van der Waals surface area contributed by atoms with Gasteiger partial charge in [0.2, 0.25) is 5.91 Å². The second-order valence-corrected chi connectivity index (χ2v) is 6.33. The highest BCUT2D eigenvalue weighted by Crippen LogP contribution is 2.22. The summed E-state index contributed by atoms with van der Waals surface area (Å²) in [4.78, 5) is 26.1. The summed E-state index contributed by atoms with van der Waals surface area (Å²) in [5.74, 6) is -0.0578. The molecule has 2 heterocycles. The molecule has 0 spiro atoms. The van der Waals surface area contributed by atoms with Crippen LogP contribution in [0.2, 0.25) is 0 Å². The highest BCUT2D eigenvalue weighted by molar-refractivity contribution is 5.97. The summed E-state index contributed by atoms with van der Waals surface area (Å²) < 4.78 is 0. The first-order valence-electron chi connectivity index (χ1n) is 8.47. The third-order valence-corrected chi connectivity index (χ3v) is 4.68. The van der Waals surface area contributed by atoms with Crippen molar-refractivity contribution >= 4 is 23.3 Å². The van der Waals surface area contributed by atoms with Gasteiger partial charge in [-0.25, -0.2) is 4.79 Å². The Morgan fingerprint density at radius 1 is 1.12 bits per heavy atom. The van der Waals surface area contributed by atoms with E-state index in [-0.39, 0.29) is 18.0 Å². The Labute approximate surface area is 146 Å². The van der Waals surface area contributed by atoms with Gasteiger partial charge in [0.25, 0.3) is 0 Å². The normalized spacial score (nSPS) is 19.3. The predicted octanol–water partition coefficient (Wildman–Crippen LogP) is 1.87. The number of benzene rings is 2. The molecule has 2 aromatic carbocycles. The van der Waals surface area contributed by atoms with Crippen molar-refractivity contribution in [2.75, 3.05) is 23.3 Å². The summed E-state index contributed by atoms with van der Waals surface area (Å²) >= 11 is 0. The lowest BCUT2D eigenvalue weighted by atomic mass is 9.95. The molecule has 0 saturated carbocycles. The van der Waals surface area contributed by atoms with Gasteiger partial charge >= 0.3 is 6.03 Å². The SMILES string of the molecule is O=C(Nc1cccc(N2CCNC2=O)c1)C1Cc2ccccc2CN1. The Morgan fingerprint density at radius 3 is 2.76 bits per heavy atom. The summed E-state index contributed by atoms with van der Waals surface area (Å²) in [6.45, 7) is 1.97. The van der Waals surface area contributed by atoms with Crippen LogP contribution >= 0.6 is 0 Å². The summed E-state index contributed by atoms with van der Waals surface area (Å²) in [5.41, 5.74) is 3.94. The van der Waals surface area contributed by atoms with Crippen LogP contribution < -0.4 is 20.9 Å². The van der Waals surface area contributed by atoms with Crippen LogP contribution in [0.5, 0.6) is 0 Å². The molecule has 0 radical (unpaired) electrons. The van der Waals surface area contributed by atoms with Gasteiger partial charge in [0, 0.05) is 31.0 Å². The molecule has 25 heavy (non-hydrogen) atoms. The van der Waals surface area contributed by atoms with Crippen LogP contribution in [0.4, 0.5) is 16.2 Å². The summed E-state index contributed by atoms with van der Waals surface area (Å²) in [6.07, 6.45) is 0.677. The molecule has 2 aliphatic heterocycles. The first-order valence-corrected chi connectivity index (χ1v) is 8.47. The van der Waals surface area contributed by atoms with Gasteiger partial charge in [-0.1, -0.05) is 30.3 Å². The molecule has 1 saturated heterocycles. The van der Waals surface area contributed by atoms with Gasteiger partial charge in [0.15, 0.2) is 0 Å². The number of carbonyl (C=O) groups is 2. The first-order chi connectivity index (χ1) is 12.2. The standard InChI is InChI=1S/C19H20N4O2/c24-18(17-10-13-4-1-2-5-14(13)12-21-17)22-15-6-3-7-16(11-15)23-9-8-20-19(23)25/h1-7,11,17,21H,8-10,12H2,(H,20,25)(H,22,24). The van der Waals surface area contributed by atoms with E-state index in [0.29, 0.717) is 31.7 Å². The Morgan fingerprint density at radius 2 is 1.96 bits per heavy atom. The monoisotopic (exact) mass is 336 g/mol. The van der Waals surface area contributed by atoms with Gasteiger partial charge in [-0.05, 0) is 35.7 Å². The smallest absolute Gasteiger partial charge is 0.321 e. The third-order valence-electron chi connectivity index (χ3n) is 4.68. The van der Waals surface area contributed by atoms with Crippen molar-refractivity contribution < 1.29 is 9.59 Å². The number of anilines is 2. The molecule has 6 nitrogen and oxygen atoms in total. The Bertz CT molecular complexity index is 821. The Hall–Kier alpha value is -2.86. The number of hydrogen-bond donors (Lipinski definition) is 3. The van der Waals surface area contributed by atoms with Crippen LogP contribution in [0.15, 0.2) is 48.5 Å². The summed E-state index contributed by atoms with van der Waals surface area (Å²) in [6, 6.07) is 15.2. The van der Waals surface area contributed by atoms with Gasteiger partial charge < -0.3 is 16.0 Å². The van der Waals surface area contributed by atoms with E-state index in [2.05, 4.69) is 28.1 Å². The van der Waals surface area contributed by atoms with Crippen molar-refractivity contribution in [3.63, 3.8) is 0 Å². The first kappa shape index (κ1) is 15.7. The average Bonchev–Trinajstić information content (AvgIpc) is 3.07. The van der Waals surface area contributed by atoms with Crippen molar-refractivity contribution in [3.8, 4) is 0 Å². The van der Waals surface area contributed by atoms with E-state index in [0.717, 1.165) is 5.69 Å². The molecule has 0 aromatic heterocycles. The lowest BCUT2D eigenvalue weighted by molar-refractivity contribution is -0.118. The maximum absolute atomic E-state index is 12.6. The van der Waals surface area contributed by atoms with Crippen LogP contribution in [-0.2, 0) is 17.8 Å². The minimum Gasteiger partial charge on any atom is -0.336 e. The topological polar surface area (TPSA) is 73.5 Å². The van der Waals surface area contributed by atoms with Gasteiger partial charge in [0.05, 0.1) is 6.04 Å². The number of hydrogen-bond acceptors (Lipinski definition) is 3. The molecule has 3 N–H and O–H groups in total. The quantitative estimate of drug-likeness (QED) is 0.801. The van der Waals surface area contributed by atoms with Crippen molar-refractivity contribution in [2.24, 2.45) is 0 Å². The van der Waals surface area contributed by atoms with Crippen molar-refractivity contribution in [2.45, 2.75) is 19.0 Å². The van der Waals surface area contributed by atoms with E-state index >= 15 is 0 Å². The van der Waals surface area contributed by atoms with Crippen molar-refractivity contribution in [3.05, 3.63) is 59.7 Å². The molecule has 2 aromatic rings. The second kappa shape index (κ2) is 6.57.